The van der Waals surface area contributed by atoms with Gasteiger partial charge in [0.1, 0.15) is 6.04 Å². The molecule has 3 N–H and O–H groups in total. The van der Waals surface area contributed by atoms with Crippen molar-refractivity contribution in [1.29, 1.82) is 0 Å². The molecule has 0 aliphatic rings. The molecule has 4 rings (SSSR count). The molecule has 0 bridgehead atoms. The summed E-state index contributed by atoms with van der Waals surface area (Å²) in [7, 11) is 0. The first kappa shape index (κ1) is 21.1. The van der Waals surface area contributed by atoms with E-state index in [1.165, 1.54) is 6.92 Å². The summed E-state index contributed by atoms with van der Waals surface area (Å²) in [5, 5.41) is 19.1. The molecule has 0 radical (unpaired) electrons. The highest BCUT2D eigenvalue weighted by Gasteiger charge is 2.24. The van der Waals surface area contributed by atoms with Crippen LogP contribution < -0.4 is 10.6 Å². The zero-order valence-corrected chi connectivity index (χ0v) is 17.5. The van der Waals surface area contributed by atoms with Crippen LogP contribution >= 0.6 is 0 Å². The highest BCUT2D eigenvalue weighted by molar-refractivity contribution is 6.05. The summed E-state index contributed by atoms with van der Waals surface area (Å²) in [4.78, 5) is 36.5. The Morgan fingerprint density at radius 2 is 1.41 bits per heavy atom. The molecule has 6 nitrogen and oxygen atoms in total. The van der Waals surface area contributed by atoms with E-state index in [-0.39, 0.29) is 17.9 Å². The molecule has 32 heavy (non-hydrogen) atoms. The van der Waals surface area contributed by atoms with Crippen LogP contribution in [0, 0.1) is 0 Å². The van der Waals surface area contributed by atoms with Crippen molar-refractivity contribution < 1.29 is 19.5 Å². The van der Waals surface area contributed by atoms with Crippen molar-refractivity contribution in [2.24, 2.45) is 0 Å². The minimum absolute atomic E-state index is 0.116. The van der Waals surface area contributed by atoms with Crippen LogP contribution in [0.3, 0.4) is 0 Å². The molecular formula is C26H22N2O4. The van der Waals surface area contributed by atoms with Crippen LogP contribution in [0.2, 0.25) is 0 Å². The standard InChI is InChI=1S/C26H22N2O4/c1-16(29)27-23-13-7-6-12-21(23)25(30)28-24(26(31)32)15-22-19-10-4-2-8-17(19)14-18-9-3-5-11-20(18)22/h2-14,24H,15H2,1H3,(H,27,29)(H,28,30)(H,31,32)/t24-/m1/s1. The van der Waals surface area contributed by atoms with Crippen molar-refractivity contribution in [2.75, 3.05) is 5.32 Å². The molecule has 0 heterocycles. The van der Waals surface area contributed by atoms with E-state index >= 15 is 0 Å². The van der Waals surface area contributed by atoms with Crippen LogP contribution in [0.4, 0.5) is 5.69 Å². The molecular weight excluding hydrogens is 404 g/mol. The van der Waals surface area contributed by atoms with Crippen LogP contribution in [-0.4, -0.2) is 28.9 Å². The number of fused-ring (bicyclic) bond motifs is 2. The Morgan fingerprint density at radius 3 is 2.00 bits per heavy atom. The maximum Gasteiger partial charge on any atom is 0.326 e. The fourth-order valence-corrected chi connectivity index (χ4v) is 3.95. The number of carbonyl (C=O) groups is 3. The van der Waals surface area contributed by atoms with E-state index in [0.717, 1.165) is 27.1 Å². The average molecular weight is 426 g/mol. The molecule has 0 aromatic heterocycles. The van der Waals surface area contributed by atoms with Crippen LogP contribution in [0.1, 0.15) is 22.8 Å². The summed E-state index contributed by atoms with van der Waals surface area (Å²) in [5.74, 6) is -2.01. The number of anilines is 1. The third-order valence-electron chi connectivity index (χ3n) is 5.38. The molecule has 4 aromatic carbocycles. The minimum atomic E-state index is -1.15. The molecule has 160 valence electrons. The molecule has 0 saturated carbocycles. The van der Waals surface area contributed by atoms with E-state index in [9.17, 15) is 19.5 Å². The second-order valence-corrected chi connectivity index (χ2v) is 7.59. The monoisotopic (exact) mass is 426 g/mol. The number of carbonyl (C=O) groups excluding carboxylic acids is 2. The number of rotatable bonds is 6. The third-order valence-corrected chi connectivity index (χ3v) is 5.38. The number of aliphatic carboxylic acids is 1. The fourth-order valence-electron chi connectivity index (χ4n) is 3.95. The number of hydrogen-bond acceptors (Lipinski definition) is 3. The van der Waals surface area contributed by atoms with Crippen LogP contribution in [0.15, 0.2) is 78.9 Å². The molecule has 0 aliphatic heterocycles. The molecule has 1 atom stereocenters. The zero-order valence-electron chi connectivity index (χ0n) is 17.5. The van der Waals surface area contributed by atoms with Gasteiger partial charge >= 0.3 is 5.97 Å². The quantitative estimate of drug-likeness (QED) is 0.399. The van der Waals surface area contributed by atoms with Gasteiger partial charge in [0.05, 0.1) is 11.3 Å². The Kier molecular flexibility index (Phi) is 5.85. The molecule has 0 saturated heterocycles. The Balaban J connectivity index is 1.71. The normalized spacial score (nSPS) is 11.8. The number of amides is 2. The zero-order chi connectivity index (χ0) is 22.7. The Morgan fingerprint density at radius 1 is 0.844 bits per heavy atom. The van der Waals surface area contributed by atoms with Crippen LogP contribution in [0.5, 0.6) is 0 Å². The maximum absolute atomic E-state index is 13.0. The van der Waals surface area contributed by atoms with Gasteiger partial charge in [0.15, 0.2) is 0 Å². The summed E-state index contributed by atoms with van der Waals surface area (Å²) in [6.45, 7) is 1.35. The summed E-state index contributed by atoms with van der Waals surface area (Å²) in [5.41, 5.74) is 1.40. The molecule has 6 heteroatoms. The van der Waals surface area contributed by atoms with Crippen molar-refractivity contribution in [3.63, 3.8) is 0 Å². The van der Waals surface area contributed by atoms with Crippen molar-refractivity contribution in [3.05, 3.63) is 90.0 Å². The Bertz CT molecular complexity index is 1290. The first-order valence-corrected chi connectivity index (χ1v) is 10.2. The van der Waals surface area contributed by atoms with Crippen molar-refractivity contribution >= 4 is 45.0 Å². The smallest absolute Gasteiger partial charge is 0.326 e. The molecule has 2 amide bonds. The van der Waals surface area contributed by atoms with Gasteiger partial charge in [-0.05, 0) is 45.3 Å². The van der Waals surface area contributed by atoms with E-state index in [2.05, 4.69) is 16.7 Å². The molecule has 0 fully saturated rings. The Labute approximate surface area is 184 Å². The van der Waals surface area contributed by atoms with E-state index in [0.29, 0.717) is 5.69 Å². The topological polar surface area (TPSA) is 95.5 Å². The van der Waals surface area contributed by atoms with Crippen molar-refractivity contribution in [2.45, 2.75) is 19.4 Å². The van der Waals surface area contributed by atoms with Gasteiger partial charge in [-0.25, -0.2) is 4.79 Å². The van der Waals surface area contributed by atoms with E-state index < -0.39 is 17.9 Å². The number of nitrogens with one attached hydrogen (secondary N) is 2. The van der Waals surface area contributed by atoms with E-state index in [1.807, 2.05) is 48.5 Å². The van der Waals surface area contributed by atoms with Gasteiger partial charge in [-0.1, -0.05) is 60.7 Å². The summed E-state index contributed by atoms with van der Waals surface area (Å²) >= 11 is 0. The second kappa shape index (κ2) is 8.89. The van der Waals surface area contributed by atoms with Gasteiger partial charge in [-0.15, -0.1) is 0 Å². The summed E-state index contributed by atoms with van der Waals surface area (Å²) in [6, 6.07) is 23.0. The molecule has 4 aromatic rings. The van der Waals surface area contributed by atoms with Gasteiger partial charge in [-0.2, -0.15) is 0 Å². The number of carboxylic acids is 1. The van der Waals surface area contributed by atoms with Crippen molar-refractivity contribution in [3.8, 4) is 0 Å². The van der Waals surface area contributed by atoms with E-state index in [1.54, 1.807) is 24.3 Å². The number of hydrogen-bond donors (Lipinski definition) is 3. The predicted octanol–water partition coefficient (Wildman–Crippen LogP) is 4.38. The molecule has 0 aliphatic carbocycles. The minimum Gasteiger partial charge on any atom is -0.480 e. The van der Waals surface area contributed by atoms with Gasteiger partial charge in [0, 0.05) is 13.3 Å². The molecule has 0 spiro atoms. The highest BCUT2D eigenvalue weighted by atomic mass is 16.4. The van der Waals surface area contributed by atoms with Gasteiger partial charge in [0.25, 0.3) is 5.91 Å². The molecule has 0 unspecified atom stereocenters. The number of benzene rings is 4. The largest absolute Gasteiger partial charge is 0.480 e. The lowest BCUT2D eigenvalue weighted by Crippen LogP contribution is -2.42. The Hall–Kier alpha value is -4.19. The third kappa shape index (κ3) is 4.30. The lowest BCUT2D eigenvalue weighted by Gasteiger charge is -2.19. The highest BCUT2D eigenvalue weighted by Crippen LogP contribution is 2.29. The number of para-hydroxylation sites is 1. The van der Waals surface area contributed by atoms with Crippen LogP contribution in [0.25, 0.3) is 21.5 Å². The first-order chi connectivity index (χ1) is 15.4. The lowest BCUT2D eigenvalue weighted by molar-refractivity contribution is -0.139. The van der Waals surface area contributed by atoms with Gasteiger partial charge < -0.3 is 15.7 Å². The maximum atomic E-state index is 13.0. The van der Waals surface area contributed by atoms with Crippen LogP contribution in [-0.2, 0) is 16.0 Å². The van der Waals surface area contributed by atoms with E-state index in [4.69, 9.17) is 0 Å². The second-order valence-electron chi connectivity index (χ2n) is 7.59. The SMILES string of the molecule is CC(=O)Nc1ccccc1C(=O)N[C@H](Cc1c2ccccc2cc2ccccc12)C(=O)O. The number of carboxylic acid groups (broad SMARTS) is 1. The predicted molar refractivity (Wildman–Crippen MR) is 125 cm³/mol. The lowest BCUT2D eigenvalue weighted by atomic mass is 9.92. The van der Waals surface area contributed by atoms with Gasteiger partial charge in [0.2, 0.25) is 5.91 Å². The summed E-state index contributed by atoms with van der Waals surface area (Å²) in [6.07, 6.45) is 0.116. The fraction of sp³-hybridized carbons (Fsp3) is 0.115. The average Bonchev–Trinajstić information content (AvgIpc) is 2.78. The first-order valence-electron chi connectivity index (χ1n) is 10.2. The van der Waals surface area contributed by atoms with Gasteiger partial charge in [-0.3, -0.25) is 9.59 Å². The van der Waals surface area contributed by atoms with Crippen molar-refractivity contribution in [1.82, 2.24) is 5.32 Å². The summed E-state index contributed by atoms with van der Waals surface area (Å²) < 4.78 is 0.